The average molecular weight is 279 g/mol. The van der Waals surface area contributed by atoms with E-state index in [9.17, 15) is 0 Å². The molecule has 0 fully saturated rings. The van der Waals surface area contributed by atoms with Crippen molar-refractivity contribution in [2.45, 2.75) is 6.92 Å². The molecule has 4 nitrogen and oxygen atoms in total. The normalized spacial score (nSPS) is 10.2. The molecule has 0 aliphatic heterocycles. The van der Waals surface area contributed by atoms with E-state index in [2.05, 4.69) is 36.2 Å². The minimum atomic E-state index is 0.622. The van der Waals surface area contributed by atoms with Crippen molar-refractivity contribution in [1.29, 1.82) is 0 Å². The van der Waals surface area contributed by atoms with Crippen LogP contribution in [0.25, 0.3) is 11.5 Å². The molecule has 16 heavy (non-hydrogen) atoms. The van der Waals surface area contributed by atoms with Gasteiger partial charge < -0.3 is 5.32 Å². The van der Waals surface area contributed by atoms with Crippen molar-refractivity contribution in [3.8, 4) is 11.5 Å². The first-order valence-corrected chi connectivity index (χ1v) is 5.64. The van der Waals surface area contributed by atoms with Crippen molar-refractivity contribution >= 4 is 21.7 Å². The summed E-state index contributed by atoms with van der Waals surface area (Å²) < 4.78 is 0.891. The Bertz CT molecular complexity index is 513. The van der Waals surface area contributed by atoms with Gasteiger partial charge in [0.15, 0.2) is 5.82 Å². The summed E-state index contributed by atoms with van der Waals surface area (Å²) in [6.45, 7) is 1.93. The maximum Gasteiger partial charge on any atom is 0.181 e. The van der Waals surface area contributed by atoms with Crippen LogP contribution in [0.2, 0.25) is 0 Å². The van der Waals surface area contributed by atoms with Crippen LogP contribution >= 0.6 is 15.9 Å². The highest BCUT2D eigenvalue weighted by Crippen LogP contribution is 2.23. The second kappa shape index (κ2) is 4.57. The number of halogens is 1. The van der Waals surface area contributed by atoms with E-state index >= 15 is 0 Å². The van der Waals surface area contributed by atoms with E-state index in [1.807, 2.05) is 32.2 Å². The van der Waals surface area contributed by atoms with E-state index in [-0.39, 0.29) is 0 Å². The van der Waals surface area contributed by atoms with Gasteiger partial charge in [0.25, 0.3) is 0 Å². The summed E-state index contributed by atoms with van der Waals surface area (Å²) in [7, 11) is 1.83. The number of nitrogens with one attached hydrogen (secondary N) is 1. The fourth-order valence-electron chi connectivity index (χ4n) is 1.35. The highest BCUT2D eigenvalue weighted by atomic mass is 79.9. The Kier molecular flexibility index (Phi) is 3.14. The molecule has 2 aromatic heterocycles. The third-order valence-corrected chi connectivity index (χ3v) is 2.72. The van der Waals surface area contributed by atoms with Crippen molar-refractivity contribution in [3.63, 3.8) is 0 Å². The van der Waals surface area contributed by atoms with Gasteiger partial charge in [-0.05, 0) is 35.0 Å². The van der Waals surface area contributed by atoms with Crippen molar-refractivity contribution in [2.24, 2.45) is 0 Å². The summed E-state index contributed by atoms with van der Waals surface area (Å²) in [4.78, 5) is 13.0. The Morgan fingerprint density at radius 2 is 2.12 bits per heavy atom. The third-order valence-electron chi connectivity index (χ3n) is 2.08. The average Bonchev–Trinajstić information content (AvgIpc) is 2.28. The zero-order valence-electron chi connectivity index (χ0n) is 9.03. The molecule has 0 spiro atoms. The molecule has 2 aromatic rings. The van der Waals surface area contributed by atoms with Crippen LogP contribution in [0.15, 0.2) is 28.9 Å². The SMILES string of the molecule is CNc1cc(C)nc(-c2ncccc2Br)n1. The maximum atomic E-state index is 4.37. The minimum Gasteiger partial charge on any atom is -0.373 e. The number of hydrogen-bond donors (Lipinski definition) is 1. The molecule has 0 radical (unpaired) electrons. The van der Waals surface area contributed by atoms with E-state index in [0.717, 1.165) is 21.7 Å². The lowest BCUT2D eigenvalue weighted by Crippen LogP contribution is -1.99. The lowest BCUT2D eigenvalue weighted by Gasteiger charge is -2.05. The van der Waals surface area contributed by atoms with Crippen LogP contribution in [-0.2, 0) is 0 Å². The lowest BCUT2D eigenvalue weighted by atomic mass is 10.3. The summed E-state index contributed by atoms with van der Waals surface area (Å²) in [6.07, 6.45) is 1.73. The molecular weight excluding hydrogens is 268 g/mol. The van der Waals surface area contributed by atoms with Crippen molar-refractivity contribution in [2.75, 3.05) is 12.4 Å². The van der Waals surface area contributed by atoms with Crippen molar-refractivity contribution in [1.82, 2.24) is 15.0 Å². The molecule has 2 rings (SSSR count). The van der Waals surface area contributed by atoms with Gasteiger partial charge in [-0.1, -0.05) is 0 Å². The standard InChI is InChI=1S/C11H11BrN4/c1-7-6-9(13-2)16-11(15-7)10-8(12)4-3-5-14-10/h3-6H,1-2H3,(H,13,15,16). The first-order valence-electron chi connectivity index (χ1n) is 4.85. The number of anilines is 1. The molecule has 0 aromatic carbocycles. The fraction of sp³-hybridized carbons (Fsp3) is 0.182. The molecule has 0 aliphatic rings. The Balaban J connectivity index is 2.56. The Morgan fingerprint density at radius 1 is 1.31 bits per heavy atom. The molecule has 0 unspecified atom stereocenters. The first kappa shape index (κ1) is 11.0. The van der Waals surface area contributed by atoms with Gasteiger partial charge in [-0.3, -0.25) is 4.98 Å². The van der Waals surface area contributed by atoms with Crippen molar-refractivity contribution in [3.05, 3.63) is 34.6 Å². The molecule has 5 heteroatoms. The molecule has 1 N–H and O–H groups in total. The third kappa shape index (κ3) is 2.19. The van der Waals surface area contributed by atoms with Gasteiger partial charge >= 0.3 is 0 Å². The Morgan fingerprint density at radius 3 is 2.81 bits per heavy atom. The Hall–Kier alpha value is -1.49. The van der Waals surface area contributed by atoms with Crippen LogP contribution in [0.5, 0.6) is 0 Å². The van der Waals surface area contributed by atoms with Crippen LogP contribution in [0.1, 0.15) is 5.69 Å². The summed E-state index contributed by atoms with van der Waals surface area (Å²) in [6, 6.07) is 5.68. The van der Waals surface area contributed by atoms with Gasteiger partial charge in [0.05, 0.1) is 0 Å². The Labute approximate surface area is 102 Å². The van der Waals surface area contributed by atoms with Crippen molar-refractivity contribution < 1.29 is 0 Å². The van der Waals surface area contributed by atoms with E-state index < -0.39 is 0 Å². The topological polar surface area (TPSA) is 50.7 Å². The number of nitrogens with zero attached hydrogens (tertiary/aromatic N) is 3. The summed E-state index contributed by atoms with van der Waals surface area (Å²) in [5.74, 6) is 1.41. The van der Waals surface area contributed by atoms with E-state index in [1.165, 1.54) is 0 Å². The molecule has 0 saturated carbocycles. The van der Waals surface area contributed by atoms with Crippen LogP contribution < -0.4 is 5.32 Å². The highest BCUT2D eigenvalue weighted by Gasteiger charge is 2.08. The van der Waals surface area contributed by atoms with Crippen LogP contribution in [-0.4, -0.2) is 22.0 Å². The van der Waals surface area contributed by atoms with E-state index in [0.29, 0.717) is 5.82 Å². The number of hydrogen-bond acceptors (Lipinski definition) is 4. The van der Waals surface area contributed by atoms with Gasteiger partial charge in [0.2, 0.25) is 0 Å². The van der Waals surface area contributed by atoms with Gasteiger partial charge in [0, 0.05) is 29.5 Å². The molecule has 0 bridgehead atoms. The summed E-state index contributed by atoms with van der Waals surface area (Å²) in [5, 5.41) is 3.00. The van der Waals surface area contributed by atoms with Gasteiger partial charge in [-0.25, -0.2) is 9.97 Å². The lowest BCUT2D eigenvalue weighted by molar-refractivity contribution is 1.08. The number of pyridine rings is 1. The molecule has 82 valence electrons. The van der Waals surface area contributed by atoms with Gasteiger partial charge in [-0.2, -0.15) is 0 Å². The zero-order valence-corrected chi connectivity index (χ0v) is 10.6. The van der Waals surface area contributed by atoms with Crippen LogP contribution in [0.4, 0.5) is 5.82 Å². The number of aromatic nitrogens is 3. The number of rotatable bonds is 2. The predicted octanol–water partition coefficient (Wildman–Crippen LogP) is 2.65. The number of aryl methyl sites for hydroxylation is 1. The summed E-state index contributed by atoms with van der Waals surface area (Å²) in [5.41, 5.74) is 1.66. The summed E-state index contributed by atoms with van der Waals surface area (Å²) >= 11 is 3.44. The predicted molar refractivity (Wildman–Crippen MR) is 67.2 cm³/mol. The zero-order chi connectivity index (χ0) is 11.5. The van der Waals surface area contributed by atoms with E-state index in [1.54, 1.807) is 6.20 Å². The molecule has 2 heterocycles. The highest BCUT2D eigenvalue weighted by molar-refractivity contribution is 9.10. The smallest absolute Gasteiger partial charge is 0.181 e. The van der Waals surface area contributed by atoms with E-state index in [4.69, 9.17) is 0 Å². The van der Waals surface area contributed by atoms with Crippen LogP contribution in [0.3, 0.4) is 0 Å². The minimum absolute atomic E-state index is 0.622. The quantitative estimate of drug-likeness (QED) is 0.918. The molecule has 0 saturated heterocycles. The largest absolute Gasteiger partial charge is 0.373 e. The second-order valence-electron chi connectivity index (χ2n) is 3.30. The molecule has 0 atom stereocenters. The fourth-order valence-corrected chi connectivity index (χ4v) is 1.79. The van der Waals surface area contributed by atoms with Crippen LogP contribution in [0, 0.1) is 6.92 Å². The molecule has 0 amide bonds. The second-order valence-corrected chi connectivity index (χ2v) is 4.16. The van der Waals surface area contributed by atoms with Gasteiger partial charge in [-0.15, -0.1) is 0 Å². The first-order chi connectivity index (χ1) is 7.70. The van der Waals surface area contributed by atoms with Gasteiger partial charge in [0.1, 0.15) is 11.5 Å². The monoisotopic (exact) mass is 278 g/mol. The molecular formula is C11H11BrN4. The molecule has 0 aliphatic carbocycles. The maximum absolute atomic E-state index is 4.37.